The summed E-state index contributed by atoms with van der Waals surface area (Å²) >= 11 is 0. The summed E-state index contributed by atoms with van der Waals surface area (Å²) < 4.78 is 0. The highest BCUT2D eigenvalue weighted by atomic mass is 16.4. The van der Waals surface area contributed by atoms with Gasteiger partial charge < -0.3 is 5.11 Å². The summed E-state index contributed by atoms with van der Waals surface area (Å²) in [5.41, 5.74) is 2.65. The van der Waals surface area contributed by atoms with Gasteiger partial charge in [-0.25, -0.2) is 5.01 Å². The van der Waals surface area contributed by atoms with Crippen molar-refractivity contribution in [3.05, 3.63) is 0 Å². The fourth-order valence-corrected chi connectivity index (χ4v) is 1.76. The molecule has 0 aromatic carbocycles. The van der Waals surface area contributed by atoms with Crippen molar-refractivity contribution in [2.75, 3.05) is 14.1 Å². The minimum atomic E-state index is -0.787. The summed E-state index contributed by atoms with van der Waals surface area (Å²) in [4.78, 5) is 22.1. The number of nitrogens with one attached hydrogen (secondary N) is 1. The maximum absolute atomic E-state index is 11.5. The number of amides is 1. The van der Waals surface area contributed by atoms with Crippen LogP contribution in [0.1, 0.15) is 19.3 Å². The molecule has 14 heavy (non-hydrogen) atoms. The van der Waals surface area contributed by atoms with Gasteiger partial charge in [0.25, 0.3) is 0 Å². The Kier molecular flexibility index (Phi) is 3.46. The highest BCUT2D eigenvalue weighted by Crippen LogP contribution is 2.30. The molecule has 0 aromatic rings. The van der Waals surface area contributed by atoms with Gasteiger partial charge in [0.15, 0.2) is 0 Å². The number of hydrogen-bond acceptors (Lipinski definition) is 3. The lowest BCUT2D eigenvalue weighted by Gasteiger charge is -2.15. The van der Waals surface area contributed by atoms with E-state index < -0.39 is 5.97 Å². The molecular weight excluding hydrogens is 184 g/mol. The Balaban J connectivity index is 2.42. The fourth-order valence-electron chi connectivity index (χ4n) is 1.76. The van der Waals surface area contributed by atoms with Crippen molar-refractivity contribution in [3.63, 3.8) is 0 Å². The highest BCUT2D eigenvalue weighted by molar-refractivity contribution is 5.80. The molecule has 2 N–H and O–H groups in total. The minimum Gasteiger partial charge on any atom is -0.481 e. The van der Waals surface area contributed by atoms with Crippen LogP contribution in [-0.2, 0) is 9.59 Å². The van der Waals surface area contributed by atoms with Crippen LogP contribution in [0.4, 0.5) is 0 Å². The molecule has 0 heterocycles. The maximum atomic E-state index is 11.5. The molecular formula is C9H16N2O3. The molecule has 1 rings (SSSR count). The number of carboxylic acids is 1. The van der Waals surface area contributed by atoms with Crippen LogP contribution >= 0.6 is 0 Å². The standard InChI is InChI=1S/C9H16N2O3/c1-11(2)10-8(12)6-3-4-7(5-6)9(13)14/h6-7H,3-5H2,1-2H3,(H,10,12)(H,13,14)/t6-,7+/m1/s1. The molecule has 0 unspecified atom stereocenters. The first kappa shape index (κ1) is 11.0. The lowest BCUT2D eigenvalue weighted by Crippen LogP contribution is -2.39. The van der Waals surface area contributed by atoms with E-state index in [4.69, 9.17) is 5.11 Å². The lowest BCUT2D eigenvalue weighted by atomic mass is 10.0. The Morgan fingerprint density at radius 2 is 1.86 bits per heavy atom. The van der Waals surface area contributed by atoms with Crippen LogP contribution in [0.5, 0.6) is 0 Å². The average Bonchev–Trinajstić information content (AvgIpc) is 2.50. The Bertz CT molecular complexity index is 240. The summed E-state index contributed by atoms with van der Waals surface area (Å²) in [6.45, 7) is 0. The number of carbonyl (C=O) groups excluding carboxylic acids is 1. The number of hydrazine groups is 1. The normalized spacial score (nSPS) is 26.5. The third kappa shape index (κ3) is 2.70. The number of carboxylic acid groups (broad SMARTS) is 1. The average molecular weight is 200 g/mol. The van der Waals surface area contributed by atoms with Crippen molar-refractivity contribution in [2.45, 2.75) is 19.3 Å². The van der Waals surface area contributed by atoms with Gasteiger partial charge in [-0.1, -0.05) is 0 Å². The molecule has 0 saturated heterocycles. The van der Waals surface area contributed by atoms with Crippen molar-refractivity contribution >= 4 is 11.9 Å². The van der Waals surface area contributed by atoms with Gasteiger partial charge in [-0.3, -0.25) is 15.0 Å². The predicted molar refractivity (Wildman–Crippen MR) is 50.3 cm³/mol. The molecule has 1 aliphatic rings. The molecule has 1 aliphatic carbocycles. The van der Waals surface area contributed by atoms with Gasteiger partial charge in [-0.2, -0.15) is 0 Å². The second kappa shape index (κ2) is 4.41. The third-order valence-electron chi connectivity index (χ3n) is 2.49. The first-order chi connectivity index (χ1) is 6.50. The molecule has 1 fully saturated rings. The van der Waals surface area contributed by atoms with Gasteiger partial charge in [0.05, 0.1) is 5.92 Å². The zero-order valence-electron chi connectivity index (χ0n) is 8.49. The van der Waals surface area contributed by atoms with Crippen molar-refractivity contribution in [3.8, 4) is 0 Å². The maximum Gasteiger partial charge on any atom is 0.306 e. The van der Waals surface area contributed by atoms with Crippen molar-refractivity contribution in [2.24, 2.45) is 11.8 Å². The zero-order valence-corrected chi connectivity index (χ0v) is 8.49. The molecule has 5 nitrogen and oxygen atoms in total. The molecule has 0 radical (unpaired) electrons. The molecule has 0 aliphatic heterocycles. The molecule has 0 bridgehead atoms. The molecule has 0 aromatic heterocycles. The van der Waals surface area contributed by atoms with Crippen LogP contribution in [0.3, 0.4) is 0 Å². The second-order valence-electron chi connectivity index (χ2n) is 3.92. The quantitative estimate of drug-likeness (QED) is 0.633. The number of carbonyl (C=O) groups is 2. The predicted octanol–water partition coefficient (Wildman–Crippen LogP) is 0.0801. The minimum absolute atomic E-state index is 0.0706. The van der Waals surface area contributed by atoms with E-state index in [2.05, 4.69) is 5.43 Å². The number of rotatable bonds is 3. The Labute approximate surface area is 83.1 Å². The largest absolute Gasteiger partial charge is 0.481 e. The van der Waals surface area contributed by atoms with Crippen molar-refractivity contribution in [1.29, 1.82) is 0 Å². The molecule has 1 saturated carbocycles. The third-order valence-corrected chi connectivity index (χ3v) is 2.49. The van der Waals surface area contributed by atoms with E-state index in [0.29, 0.717) is 19.3 Å². The smallest absolute Gasteiger partial charge is 0.306 e. The van der Waals surface area contributed by atoms with E-state index in [1.54, 1.807) is 19.1 Å². The lowest BCUT2D eigenvalue weighted by molar-refractivity contribution is -0.141. The number of nitrogens with zero attached hydrogens (tertiary/aromatic N) is 1. The van der Waals surface area contributed by atoms with E-state index in [0.717, 1.165) is 0 Å². The van der Waals surface area contributed by atoms with Crippen LogP contribution in [0.25, 0.3) is 0 Å². The van der Waals surface area contributed by atoms with Gasteiger partial charge in [-0.15, -0.1) is 0 Å². The van der Waals surface area contributed by atoms with E-state index in [9.17, 15) is 9.59 Å². The summed E-state index contributed by atoms with van der Waals surface area (Å²) in [6.07, 6.45) is 1.76. The molecule has 2 atom stereocenters. The van der Waals surface area contributed by atoms with Gasteiger partial charge >= 0.3 is 5.97 Å². The van der Waals surface area contributed by atoms with E-state index >= 15 is 0 Å². The van der Waals surface area contributed by atoms with Gasteiger partial charge in [0, 0.05) is 20.0 Å². The Hall–Kier alpha value is -1.10. The van der Waals surface area contributed by atoms with E-state index in [1.165, 1.54) is 0 Å². The zero-order chi connectivity index (χ0) is 10.7. The van der Waals surface area contributed by atoms with Crippen LogP contribution < -0.4 is 5.43 Å². The van der Waals surface area contributed by atoms with Gasteiger partial charge in [0.1, 0.15) is 0 Å². The summed E-state index contributed by atoms with van der Waals surface area (Å²) in [6, 6.07) is 0. The van der Waals surface area contributed by atoms with E-state index in [1.807, 2.05) is 0 Å². The Morgan fingerprint density at radius 1 is 1.29 bits per heavy atom. The van der Waals surface area contributed by atoms with Crippen LogP contribution in [-0.4, -0.2) is 36.1 Å². The highest BCUT2D eigenvalue weighted by Gasteiger charge is 2.33. The van der Waals surface area contributed by atoms with Crippen molar-refractivity contribution < 1.29 is 14.7 Å². The molecule has 80 valence electrons. The van der Waals surface area contributed by atoms with Crippen LogP contribution in [0.15, 0.2) is 0 Å². The van der Waals surface area contributed by atoms with Gasteiger partial charge in [0.2, 0.25) is 5.91 Å². The second-order valence-corrected chi connectivity index (χ2v) is 3.92. The topological polar surface area (TPSA) is 69.6 Å². The summed E-state index contributed by atoms with van der Waals surface area (Å²) in [5, 5.41) is 10.3. The summed E-state index contributed by atoms with van der Waals surface area (Å²) in [5.74, 6) is -1.34. The summed E-state index contributed by atoms with van der Waals surface area (Å²) in [7, 11) is 3.48. The molecule has 5 heteroatoms. The Morgan fingerprint density at radius 3 is 2.29 bits per heavy atom. The van der Waals surface area contributed by atoms with Crippen molar-refractivity contribution in [1.82, 2.24) is 10.4 Å². The van der Waals surface area contributed by atoms with Crippen LogP contribution in [0.2, 0.25) is 0 Å². The first-order valence-corrected chi connectivity index (χ1v) is 4.71. The van der Waals surface area contributed by atoms with E-state index in [-0.39, 0.29) is 17.7 Å². The first-order valence-electron chi connectivity index (χ1n) is 4.71. The monoisotopic (exact) mass is 200 g/mol. The van der Waals surface area contributed by atoms with Gasteiger partial charge in [-0.05, 0) is 19.3 Å². The fraction of sp³-hybridized carbons (Fsp3) is 0.778. The van der Waals surface area contributed by atoms with Crippen LogP contribution in [0, 0.1) is 11.8 Å². The molecule has 1 amide bonds. The SMILES string of the molecule is CN(C)NC(=O)[C@@H]1CC[C@H](C(=O)O)C1. The number of aliphatic carboxylic acids is 1. The molecule has 0 spiro atoms. The number of hydrogen-bond donors (Lipinski definition) is 2.